The highest BCUT2D eigenvalue weighted by Gasteiger charge is 2.44. The molecule has 1 heterocycles. The van der Waals surface area contributed by atoms with Crippen molar-refractivity contribution in [2.45, 2.75) is 12.5 Å². The van der Waals surface area contributed by atoms with Crippen molar-refractivity contribution in [2.75, 3.05) is 13.7 Å². The Kier molecular flexibility index (Phi) is 2.73. The summed E-state index contributed by atoms with van der Waals surface area (Å²) in [5, 5.41) is 9.73. The number of allylic oxidation sites excluding steroid dienone is 2. The summed E-state index contributed by atoms with van der Waals surface area (Å²) in [6.07, 6.45) is 4.04. The van der Waals surface area contributed by atoms with E-state index >= 15 is 0 Å². The van der Waals surface area contributed by atoms with E-state index in [0.29, 0.717) is 11.3 Å². The number of carbonyl (C=O) groups excluding carboxylic acids is 2. The molecule has 2 aliphatic rings. The molecule has 0 bridgehead atoms. The molecular formula is C12H12O5. The second-order valence-electron chi connectivity index (χ2n) is 4.06. The Morgan fingerprint density at radius 3 is 2.76 bits per heavy atom. The fourth-order valence-electron chi connectivity index (χ4n) is 1.67. The van der Waals surface area contributed by atoms with Crippen molar-refractivity contribution in [3.8, 4) is 0 Å². The van der Waals surface area contributed by atoms with Crippen LogP contribution in [0.5, 0.6) is 0 Å². The number of ether oxygens (including phenoxy) is 2. The van der Waals surface area contributed by atoms with E-state index in [0.717, 1.165) is 0 Å². The number of carbonyl (C=O) groups is 2. The van der Waals surface area contributed by atoms with Crippen molar-refractivity contribution in [2.24, 2.45) is 0 Å². The lowest BCUT2D eigenvalue weighted by Gasteiger charge is -2.27. The number of Topliss-reactive ketones (excluding diaryl/α,β-unsaturated/α-hetero) is 1. The minimum Gasteiger partial charge on any atom is -0.466 e. The summed E-state index contributed by atoms with van der Waals surface area (Å²) >= 11 is 0. The van der Waals surface area contributed by atoms with E-state index in [4.69, 9.17) is 9.47 Å². The molecule has 5 nitrogen and oxygen atoms in total. The molecular weight excluding hydrogens is 224 g/mol. The van der Waals surface area contributed by atoms with Gasteiger partial charge in [0.1, 0.15) is 18.6 Å². The van der Waals surface area contributed by atoms with Crippen LogP contribution < -0.4 is 0 Å². The van der Waals surface area contributed by atoms with Gasteiger partial charge in [-0.25, -0.2) is 0 Å². The normalized spacial score (nSPS) is 27.8. The molecule has 1 aliphatic carbocycles. The number of hydrogen-bond acceptors (Lipinski definition) is 5. The molecule has 2 rings (SSSR count). The molecule has 0 amide bonds. The van der Waals surface area contributed by atoms with Crippen molar-refractivity contribution in [1.29, 1.82) is 0 Å². The molecule has 0 saturated carbocycles. The highest BCUT2D eigenvalue weighted by molar-refractivity contribution is 6.25. The van der Waals surface area contributed by atoms with Crippen molar-refractivity contribution >= 4 is 11.6 Å². The smallest absolute Gasteiger partial charge is 0.205 e. The monoisotopic (exact) mass is 236 g/mol. The standard InChI is InChI=1S/C12H12O5/c1-12(15)10(13)4-7-3-8(5-16-2)17-6-9(7)11(12)14/h3-4,6,15H,5H2,1-2H3. The summed E-state index contributed by atoms with van der Waals surface area (Å²) in [5.41, 5.74) is -1.34. The van der Waals surface area contributed by atoms with Gasteiger partial charge in [0.15, 0.2) is 11.4 Å². The predicted octanol–water partition coefficient (Wildman–Crippen LogP) is 0.260. The van der Waals surface area contributed by atoms with Gasteiger partial charge < -0.3 is 14.6 Å². The lowest BCUT2D eigenvalue weighted by molar-refractivity contribution is -0.144. The summed E-state index contributed by atoms with van der Waals surface area (Å²) in [6, 6.07) is 0. The predicted molar refractivity (Wildman–Crippen MR) is 57.8 cm³/mol. The van der Waals surface area contributed by atoms with Crippen LogP contribution in [0.3, 0.4) is 0 Å². The van der Waals surface area contributed by atoms with Gasteiger partial charge in [0.25, 0.3) is 0 Å². The molecule has 17 heavy (non-hydrogen) atoms. The SMILES string of the molecule is COCC1=CC2=CC(=O)C(C)(O)C(=O)C2=CO1. The zero-order chi connectivity index (χ0) is 12.6. The van der Waals surface area contributed by atoms with Gasteiger partial charge >= 0.3 is 0 Å². The maximum Gasteiger partial charge on any atom is 0.205 e. The molecule has 1 atom stereocenters. The van der Waals surface area contributed by atoms with E-state index in [1.807, 2.05) is 0 Å². The van der Waals surface area contributed by atoms with Crippen LogP contribution in [0.25, 0.3) is 0 Å². The second-order valence-corrected chi connectivity index (χ2v) is 4.06. The third-order valence-corrected chi connectivity index (χ3v) is 2.70. The van der Waals surface area contributed by atoms with Gasteiger partial charge in [-0.3, -0.25) is 9.59 Å². The van der Waals surface area contributed by atoms with E-state index in [-0.39, 0.29) is 12.2 Å². The summed E-state index contributed by atoms with van der Waals surface area (Å²) in [5.74, 6) is -0.762. The molecule has 5 heteroatoms. The zero-order valence-corrected chi connectivity index (χ0v) is 9.52. The minimum atomic E-state index is -1.99. The van der Waals surface area contributed by atoms with Gasteiger partial charge in [-0.2, -0.15) is 0 Å². The first-order valence-electron chi connectivity index (χ1n) is 5.07. The van der Waals surface area contributed by atoms with E-state index in [9.17, 15) is 14.7 Å². The Morgan fingerprint density at radius 1 is 1.41 bits per heavy atom. The highest BCUT2D eigenvalue weighted by Crippen LogP contribution is 2.30. The number of aliphatic hydroxyl groups is 1. The quantitative estimate of drug-likeness (QED) is 0.696. The number of hydrogen-bond donors (Lipinski definition) is 1. The van der Waals surface area contributed by atoms with Crippen molar-refractivity contribution in [3.05, 3.63) is 35.3 Å². The third-order valence-electron chi connectivity index (χ3n) is 2.70. The Labute approximate surface area is 98.0 Å². The lowest BCUT2D eigenvalue weighted by atomic mass is 9.81. The molecule has 90 valence electrons. The Hall–Kier alpha value is -1.72. The Bertz CT molecular complexity index is 479. The van der Waals surface area contributed by atoms with Crippen LogP contribution in [0.4, 0.5) is 0 Å². The van der Waals surface area contributed by atoms with E-state index in [2.05, 4.69) is 0 Å². The maximum absolute atomic E-state index is 11.8. The Morgan fingerprint density at radius 2 is 2.12 bits per heavy atom. The van der Waals surface area contributed by atoms with Gasteiger partial charge in [0, 0.05) is 7.11 Å². The Balaban J connectivity index is 2.41. The number of rotatable bonds is 2. The van der Waals surface area contributed by atoms with Crippen molar-refractivity contribution in [3.63, 3.8) is 0 Å². The van der Waals surface area contributed by atoms with Crippen LogP contribution in [0, 0.1) is 0 Å². The maximum atomic E-state index is 11.8. The van der Waals surface area contributed by atoms with Gasteiger partial charge in [-0.15, -0.1) is 0 Å². The average Bonchev–Trinajstić information content (AvgIpc) is 2.27. The topological polar surface area (TPSA) is 72.8 Å². The summed E-state index contributed by atoms with van der Waals surface area (Å²) in [4.78, 5) is 23.4. The summed E-state index contributed by atoms with van der Waals surface area (Å²) < 4.78 is 10.1. The van der Waals surface area contributed by atoms with E-state index < -0.39 is 17.2 Å². The van der Waals surface area contributed by atoms with E-state index in [1.54, 1.807) is 6.08 Å². The van der Waals surface area contributed by atoms with Crippen LogP contribution >= 0.6 is 0 Å². The number of methoxy groups -OCH3 is 1. The lowest BCUT2D eigenvalue weighted by Crippen LogP contribution is -2.46. The van der Waals surface area contributed by atoms with Crippen LogP contribution in [0.2, 0.25) is 0 Å². The third kappa shape index (κ3) is 1.83. The van der Waals surface area contributed by atoms with Crippen LogP contribution in [0.15, 0.2) is 35.3 Å². The van der Waals surface area contributed by atoms with Crippen LogP contribution in [0.1, 0.15) is 6.92 Å². The molecule has 0 aromatic heterocycles. The van der Waals surface area contributed by atoms with Crippen LogP contribution in [-0.2, 0) is 19.1 Å². The van der Waals surface area contributed by atoms with E-state index in [1.165, 1.54) is 26.4 Å². The largest absolute Gasteiger partial charge is 0.466 e. The first kappa shape index (κ1) is 11.8. The average molecular weight is 236 g/mol. The fraction of sp³-hybridized carbons (Fsp3) is 0.333. The summed E-state index contributed by atoms with van der Waals surface area (Å²) in [7, 11) is 1.51. The van der Waals surface area contributed by atoms with Gasteiger partial charge in [-0.05, 0) is 24.6 Å². The molecule has 1 unspecified atom stereocenters. The van der Waals surface area contributed by atoms with Gasteiger partial charge in [0.2, 0.25) is 5.78 Å². The molecule has 0 aromatic rings. The first-order valence-corrected chi connectivity index (χ1v) is 5.07. The van der Waals surface area contributed by atoms with Crippen molar-refractivity contribution in [1.82, 2.24) is 0 Å². The number of ketones is 2. The van der Waals surface area contributed by atoms with Crippen LogP contribution in [-0.4, -0.2) is 36.0 Å². The second kappa shape index (κ2) is 3.94. The molecule has 0 aromatic carbocycles. The molecule has 1 aliphatic heterocycles. The molecule has 0 radical (unpaired) electrons. The van der Waals surface area contributed by atoms with Gasteiger partial charge in [0.05, 0.1) is 5.57 Å². The molecule has 0 spiro atoms. The highest BCUT2D eigenvalue weighted by atomic mass is 16.5. The molecule has 0 fully saturated rings. The molecule has 1 N–H and O–H groups in total. The van der Waals surface area contributed by atoms with Crippen molar-refractivity contribution < 1.29 is 24.2 Å². The molecule has 0 saturated heterocycles. The minimum absolute atomic E-state index is 0.203. The zero-order valence-electron chi connectivity index (χ0n) is 9.52. The summed E-state index contributed by atoms with van der Waals surface area (Å²) in [6.45, 7) is 1.43. The van der Waals surface area contributed by atoms with Gasteiger partial charge in [-0.1, -0.05) is 0 Å². The fourth-order valence-corrected chi connectivity index (χ4v) is 1.67. The first-order chi connectivity index (χ1) is 7.96. The number of fused-ring (bicyclic) bond motifs is 1.